The van der Waals surface area contributed by atoms with Gasteiger partial charge in [-0.15, -0.1) is 12.4 Å². The predicted molar refractivity (Wildman–Crippen MR) is 96.3 cm³/mol. The van der Waals surface area contributed by atoms with Crippen LogP contribution < -0.4 is 0 Å². The molecule has 3 rings (SSSR count). The second kappa shape index (κ2) is 8.32. The Morgan fingerprint density at radius 1 is 1.04 bits per heavy atom. The molecule has 1 aliphatic heterocycles. The van der Waals surface area contributed by atoms with Crippen LogP contribution in [-0.4, -0.2) is 28.1 Å². The van der Waals surface area contributed by atoms with Gasteiger partial charge in [-0.25, -0.2) is 0 Å². The first-order valence-corrected chi connectivity index (χ1v) is 8.15. The molecule has 124 valence electrons. The summed E-state index contributed by atoms with van der Waals surface area (Å²) >= 11 is 0. The number of nitrogens with zero attached hydrogens (tertiary/aromatic N) is 2. The lowest BCUT2D eigenvalue weighted by atomic mass is 10.0. The number of aryl methyl sites for hydroxylation is 1. The normalized spacial score (nSPS) is 15.2. The third kappa shape index (κ3) is 4.95. The van der Waals surface area contributed by atoms with E-state index in [-0.39, 0.29) is 12.4 Å². The van der Waals surface area contributed by atoms with Crippen LogP contribution in [0.15, 0.2) is 36.5 Å². The van der Waals surface area contributed by atoms with Gasteiger partial charge in [0.2, 0.25) is 0 Å². The summed E-state index contributed by atoms with van der Waals surface area (Å²) < 4.78 is 0. The smallest absolute Gasteiger partial charge is 0.138 e. The molecule has 0 atom stereocenters. The van der Waals surface area contributed by atoms with Gasteiger partial charge in [-0.05, 0) is 56.5 Å². The summed E-state index contributed by atoms with van der Waals surface area (Å²) in [7, 11) is 0. The van der Waals surface area contributed by atoms with Crippen LogP contribution in [0.25, 0.3) is 0 Å². The lowest BCUT2D eigenvalue weighted by Gasteiger charge is -2.26. The minimum atomic E-state index is 0. The van der Waals surface area contributed by atoms with Crippen LogP contribution in [0.3, 0.4) is 0 Å². The van der Waals surface area contributed by atoms with E-state index >= 15 is 0 Å². The third-order valence-corrected chi connectivity index (χ3v) is 4.35. The molecule has 4 heteroatoms. The van der Waals surface area contributed by atoms with E-state index in [0.717, 1.165) is 37.3 Å². The van der Waals surface area contributed by atoms with E-state index in [1.54, 1.807) is 0 Å². The Balaban J connectivity index is 0.00000192. The van der Waals surface area contributed by atoms with E-state index in [0.29, 0.717) is 5.75 Å². The number of aromatic nitrogens is 1. The lowest BCUT2D eigenvalue weighted by molar-refractivity contribution is 0.216. The van der Waals surface area contributed by atoms with Crippen molar-refractivity contribution in [1.82, 2.24) is 9.88 Å². The van der Waals surface area contributed by atoms with Crippen molar-refractivity contribution in [2.75, 3.05) is 13.1 Å². The summed E-state index contributed by atoms with van der Waals surface area (Å²) in [5.74, 6) is 0.329. The molecule has 0 radical (unpaired) electrons. The van der Waals surface area contributed by atoms with Crippen LogP contribution >= 0.6 is 12.4 Å². The van der Waals surface area contributed by atoms with Crippen molar-refractivity contribution in [3.05, 3.63) is 58.9 Å². The number of hydrogen-bond donors (Lipinski definition) is 1. The number of aromatic hydroxyl groups is 1. The first-order chi connectivity index (χ1) is 10.7. The summed E-state index contributed by atoms with van der Waals surface area (Å²) in [5, 5.41) is 10.3. The van der Waals surface area contributed by atoms with Gasteiger partial charge in [0.25, 0.3) is 0 Å². The standard InChI is InChI=1S/C19H24N2O.ClH/c1-15-5-7-16(8-6-15)11-17-12-19(22)18(20-13-17)14-21-9-3-2-4-10-21;/h5-8,12-13,22H,2-4,9-11,14H2,1H3;1H. The van der Waals surface area contributed by atoms with Crippen LogP contribution in [0.5, 0.6) is 5.75 Å². The maximum atomic E-state index is 10.3. The molecule has 2 aromatic rings. The Hall–Kier alpha value is -1.58. The lowest BCUT2D eigenvalue weighted by Crippen LogP contribution is -2.29. The van der Waals surface area contributed by atoms with Crippen LogP contribution in [-0.2, 0) is 13.0 Å². The molecule has 1 aromatic carbocycles. The Bertz CT molecular complexity index is 622. The van der Waals surface area contributed by atoms with E-state index in [2.05, 4.69) is 41.1 Å². The minimum Gasteiger partial charge on any atom is -0.506 e. The summed E-state index contributed by atoms with van der Waals surface area (Å²) in [5.41, 5.74) is 4.37. The Kier molecular flexibility index (Phi) is 6.43. The second-order valence-corrected chi connectivity index (χ2v) is 6.31. The predicted octanol–water partition coefficient (Wildman–Crippen LogP) is 4.09. The van der Waals surface area contributed by atoms with Crippen molar-refractivity contribution < 1.29 is 5.11 Å². The zero-order valence-electron chi connectivity index (χ0n) is 13.7. The van der Waals surface area contributed by atoms with Crippen LogP contribution in [0.4, 0.5) is 0 Å². The maximum Gasteiger partial charge on any atom is 0.138 e. The van der Waals surface area contributed by atoms with E-state index in [1.165, 1.54) is 30.4 Å². The van der Waals surface area contributed by atoms with Gasteiger partial charge >= 0.3 is 0 Å². The van der Waals surface area contributed by atoms with Gasteiger partial charge in [0.05, 0.1) is 5.69 Å². The van der Waals surface area contributed by atoms with Crippen molar-refractivity contribution in [3.63, 3.8) is 0 Å². The van der Waals surface area contributed by atoms with Crippen LogP contribution in [0.2, 0.25) is 0 Å². The first-order valence-electron chi connectivity index (χ1n) is 8.15. The van der Waals surface area contributed by atoms with E-state index < -0.39 is 0 Å². The molecule has 1 fully saturated rings. The fourth-order valence-corrected chi connectivity index (χ4v) is 3.01. The molecular formula is C19H25ClN2O. The van der Waals surface area contributed by atoms with Crippen LogP contribution in [0.1, 0.15) is 41.6 Å². The summed E-state index contributed by atoms with van der Waals surface area (Å²) in [6, 6.07) is 10.4. The zero-order valence-corrected chi connectivity index (χ0v) is 14.5. The largest absolute Gasteiger partial charge is 0.506 e. The van der Waals surface area contributed by atoms with Gasteiger partial charge in [0, 0.05) is 12.7 Å². The monoisotopic (exact) mass is 332 g/mol. The maximum absolute atomic E-state index is 10.3. The molecule has 23 heavy (non-hydrogen) atoms. The van der Waals surface area contributed by atoms with Crippen molar-refractivity contribution in [2.24, 2.45) is 0 Å². The molecule has 0 unspecified atom stereocenters. The van der Waals surface area contributed by atoms with Gasteiger partial charge in [-0.3, -0.25) is 9.88 Å². The number of halogens is 1. The fraction of sp³-hybridized carbons (Fsp3) is 0.421. The highest BCUT2D eigenvalue weighted by molar-refractivity contribution is 5.85. The molecule has 0 saturated carbocycles. The SMILES string of the molecule is Cc1ccc(Cc2cnc(CN3CCCCC3)c(O)c2)cc1.Cl. The van der Waals surface area contributed by atoms with Gasteiger partial charge in [-0.1, -0.05) is 36.2 Å². The molecule has 1 aromatic heterocycles. The highest BCUT2D eigenvalue weighted by Crippen LogP contribution is 2.21. The number of rotatable bonds is 4. The van der Waals surface area contributed by atoms with E-state index in [4.69, 9.17) is 0 Å². The minimum absolute atomic E-state index is 0. The quantitative estimate of drug-likeness (QED) is 0.916. The average molecular weight is 333 g/mol. The van der Waals surface area contributed by atoms with E-state index in [1.807, 2.05) is 12.3 Å². The topological polar surface area (TPSA) is 36.4 Å². The molecule has 0 spiro atoms. The average Bonchev–Trinajstić information content (AvgIpc) is 2.53. The molecule has 0 bridgehead atoms. The number of benzene rings is 1. The van der Waals surface area contributed by atoms with Gasteiger partial charge in [0.15, 0.2) is 0 Å². The Labute approximate surface area is 144 Å². The molecular weight excluding hydrogens is 308 g/mol. The van der Waals surface area contributed by atoms with Crippen molar-refractivity contribution in [3.8, 4) is 5.75 Å². The molecule has 2 heterocycles. The van der Waals surface area contributed by atoms with Crippen molar-refractivity contribution >= 4 is 12.4 Å². The third-order valence-electron chi connectivity index (χ3n) is 4.35. The van der Waals surface area contributed by atoms with Crippen molar-refractivity contribution in [1.29, 1.82) is 0 Å². The van der Waals surface area contributed by atoms with Crippen LogP contribution in [0, 0.1) is 6.92 Å². The fourth-order valence-electron chi connectivity index (χ4n) is 3.01. The summed E-state index contributed by atoms with van der Waals surface area (Å²) in [6.07, 6.45) is 6.55. The number of likely N-dealkylation sites (tertiary alicyclic amines) is 1. The van der Waals surface area contributed by atoms with E-state index in [9.17, 15) is 5.11 Å². The van der Waals surface area contributed by atoms with Gasteiger partial charge < -0.3 is 5.11 Å². The Morgan fingerprint density at radius 3 is 2.39 bits per heavy atom. The molecule has 0 aliphatic carbocycles. The molecule has 1 aliphatic rings. The summed E-state index contributed by atoms with van der Waals surface area (Å²) in [6.45, 7) is 5.08. The summed E-state index contributed by atoms with van der Waals surface area (Å²) in [4.78, 5) is 6.87. The Morgan fingerprint density at radius 2 is 1.74 bits per heavy atom. The molecule has 0 amide bonds. The second-order valence-electron chi connectivity index (χ2n) is 6.31. The number of piperidine rings is 1. The highest BCUT2D eigenvalue weighted by Gasteiger charge is 2.13. The zero-order chi connectivity index (χ0) is 15.4. The molecule has 3 nitrogen and oxygen atoms in total. The number of pyridine rings is 1. The molecule has 1 saturated heterocycles. The van der Waals surface area contributed by atoms with Gasteiger partial charge in [-0.2, -0.15) is 0 Å². The molecule has 1 N–H and O–H groups in total. The highest BCUT2D eigenvalue weighted by atomic mass is 35.5. The first kappa shape index (κ1) is 17.8. The van der Waals surface area contributed by atoms with Gasteiger partial charge in [0.1, 0.15) is 5.75 Å². The van der Waals surface area contributed by atoms with Crippen molar-refractivity contribution in [2.45, 2.75) is 39.2 Å². The number of hydrogen-bond acceptors (Lipinski definition) is 3.